The Morgan fingerprint density at radius 1 is 1.39 bits per heavy atom. The van der Waals surface area contributed by atoms with Crippen LogP contribution in [-0.4, -0.2) is 18.1 Å². The number of carbonyl (C=O) groups is 1. The van der Waals surface area contributed by atoms with E-state index in [0.29, 0.717) is 27.9 Å². The molecular formula is C12H9Cl2NO3. The van der Waals surface area contributed by atoms with Gasteiger partial charge in [-0.05, 0) is 17.7 Å². The Bertz CT molecular complexity index is 560. The van der Waals surface area contributed by atoms with Crippen LogP contribution >= 0.6 is 23.2 Å². The molecule has 0 bridgehead atoms. The van der Waals surface area contributed by atoms with E-state index in [-0.39, 0.29) is 5.69 Å². The quantitative estimate of drug-likeness (QED) is 0.812. The molecule has 0 radical (unpaired) electrons. The normalized spacial score (nSPS) is 10.4. The highest BCUT2D eigenvalue weighted by atomic mass is 35.5. The average molecular weight is 286 g/mol. The van der Waals surface area contributed by atoms with Gasteiger partial charge in [-0.1, -0.05) is 29.3 Å². The van der Waals surface area contributed by atoms with Gasteiger partial charge in [-0.2, -0.15) is 0 Å². The molecule has 0 saturated heterocycles. The van der Waals surface area contributed by atoms with Crippen LogP contribution in [0.3, 0.4) is 0 Å². The van der Waals surface area contributed by atoms with Crippen LogP contribution in [0.15, 0.2) is 28.9 Å². The third kappa shape index (κ3) is 2.66. The lowest BCUT2D eigenvalue weighted by Gasteiger charge is -2.03. The second-order valence-corrected chi connectivity index (χ2v) is 4.31. The molecule has 18 heavy (non-hydrogen) atoms. The van der Waals surface area contributed by atoms with Gasteiger partial charge in [-0.25, -0.2) is 9.78 Å². The van der Waals surface area contributed by atoms with E-state index >= 15 is 0 Å². The Kier molecular flexibility index (Phi) is 3.89. The first-order valence-corrected chi connectivity index (χ1v) is 5.83. The van der Waals surface area contributed by atoms with Crippen molar-refractivity contribution in [2.24, 2.45) is 0 Å². The molecule has 2 rings (SSSR count). The van der Waals surface area contributed by atoms with E-state index in [2.05, 4.69) is 9.72 Å². The van der Waals surface area contributed by atoms with E-state index in [1.54, 1.807) is 18.2 Å². The third-order valence-corrected chi connectivity index (χ3v) is 3.04. The van der Waals surface area contributed by atoms with E-state index in [1.807, 2.05) is 0 Å². The summed E-state index contributed by atoms with van der Waals surface area (Å²) >= 11 is 12.1. The fraction of sp³-hybridized carbons (Fsp3) is 0.167. The standard InChI is InChI=1S/C12H9Cl2NO3/c1-17-12(16)10-6-18-11(15-10)5-7-8(13)3-2-4-9(7)14/h2-4,6H,5H2,1H3. The monoisotopic (exact) mass is 285 g/mol. The summed E-state index contributed by atoms with van der Waals surface area (Å²) in [6.45, 7) is 0. The topological polar surface area (TPSA) is 52.3 Å². The summed E-state index contributed by atoms with van der Waals surface area (Å²) in [5, 5.41) is 1.06. The lowest BCUT2D eigenvalue weighted by Crippen LogP contribution is -2.01. The highest BCUT2D eigenvalue weighted by Gasteiger charge is 2.14. The molecule has 1 aromatic carbocycles. The first-order chi connectivity index (χ1) is 8.61. The second-order valence-electron chi connectivity index (χ2n) is 3.50. The molecule has 0 aliphatic heterocycles. The maximum absolute atomic E-state index is 11.2. The van der Waals surface area contributed by atoms with Crippen LogP contribution in [0.5, 0.6) is 0 Å². The Hall–Kier alpha value is -1.52. The Morgan fingerprint density at radius 3 is 2.67 bits per heavy atom. The van der Waals surface area contributed by atoms with Gasteiger partial charge in [0.05, 0.1) is 13.5 Å². The SMILES string of the molecule is COC(=O)c1coc(Cc2c(Cl)cccc2Cl)n1. The molecule has 0 unspecified atom stereocenters. The highest BCUT2D eigenvalue weighted by Crippen LogP contribution is 2.26. The van der Waals surface area contributed by atoms with E-state index in [9.17, 15) is 4.79 Å². The number of halogens is 2. The number of aromatic nitrogens is 1. The van der Waals surface area contributed by atoms with Crippen LogP contribution in [0.2, 0.25) is 10.0 Å². The predicted octanol–water partition coefficient (Wildman–Crippen LogP) is 3.36. The maximum Gasteiger partial charge on any atom is 0.360 e. The minimum absolute atomic E-state index is 0.121. The van der Waals surface area contributed by atoms with Crippen LogP contribution in [0.4, 0.5) is 0 Å². The van der Waals surface area contributed by atoms with Gasteiger partial charge in [0.2, 0.25) is 0 Å². The predicted molar refractivity (Wildman–Crippen MR) is 67.1 cm³/mol. The van der Waals surface area contributed by atoms with Gasteiger partial charge in [0.1, 0.15) is 6.26 Å². The maximum atomic E-state index is 11.2. The van der Waals surface area contributed by atoms with Gasteiger partial charge in [0.15, 0.2) is 11.6 Å². The van der Waals surface area contributed by atoms with Gasteiger partial charge in [-0.3, -0.25) is 0 Å². The van der Waals surface area contributed by atoms with Crippen molar-refractivity contribution >= 4 is 29.2 Å². The van der Waals surface area contributed by atoms with Gasteiger partial charge < -0.3 is 9.15 Å². The summed E-state index contributed by atoms with van der Waals surface area (Å²) in [5.74, 6) is -0.194. The van der Waals surface area contributed by atoms with Crippen LogP contribution < -0.4 is 0 Å². The molecule has 0 amide bonds. The second kappa shape index (κ2) is 5.42. The van der Waals surface area contributed by atoms with E-state index in [1.165, 1.54) is 13.4 Å². The average Bonchev–Trinajstić information content (AvgIpc) is 2.81. The molecule has 0 spiro atoms. The minimum atomic E-state index is -0.546. The zero-order chi connectivity index (χ0) is 13.1. The van der Waals surface area contributed by atoms with Crippen molar-refractivity contribution in [3.05, 3.63) is 51.7 Å². The molecule has 0 saturated carbocycles. The molecule has 0 N–H and O–H groups in total. The van der Waals surface area contributed by atoms with E-state index in [0.717, 1.165) is 0 Å². The summed E-state index contributed by atoms with van der Waals surface area (Å²) in [4.78, 5) is 15.2. The van der Waals surface area contributed by atoms with Crippen molar-refractivity contribution in [1.29, 1.82) is 0 Å². The molecule has 2 aromatic rings. The minimum Gasteiger partial charge on any atom is -0.464 e. The summed E-state index contributed by atoms with van der Waals surface area (Å²) in [7, 11) is 1.28. The number of ether oxygens (including phenoxy) is 1. The number of esters is 1. The summed E-state index contributed by atoms with van der Waals surface area (Å²) in [6, 6.07) is 5.21. The number of benzene rings is 1. The van der Waals surface area contributed by atoms with Gasteiger partial charge in [0, 0.05) is 10.0 Å². The number of oxazole rings is 1. The third-order valence-electron chi connectivity index (χ3n) is 2.34. The number of hydrogen-bond donors (Lipinski definition) is 0. The molecule has 0 atom stereocenters. The lowest BCUT2D eigenvalue weighted by atomic mass is 10.1. The molecule has 1 aromatic heterocycles. The van der Waals surface area contributed by atoms with Gasteiger partial charge >= 0.3 is 5.97 Å². The number of methoxy groups -OCH3 is 1. The van der Waals surface area contributed by atoms with Crippen LogP contribution in [0.1, 0.15) is 21.9 Å². The number of nitrogens with zero attached hydrogens (tertiary/aromatic N) is 1. The Labute approximate surface area is 113 Å². The fourth-order valence-electron chi connectivity index (χ4n) is 1.44. The molecule has 0 fully saturated rings. The van der Waals surface area contributed by atoms with Crippen molar-refractivity contribution in [3.63, 3.8) is 0 Å². The van der Waals surface area contributed by atoms with Crippen molar-refractivity contribution in [2.75, 3.05) is 7.11 Å². The van der Waals surface area contributed by atoms with E-state index < -0.39 is 5.97 Å². The first-order valence-electron chi connectivity index (χ1n) is 5.07. The van der Waals surface area contributed by atoms with Crippen LogP contribution in [-0.2, 0) is 11.2 Å². The van der Waals surface area contributed by atoms with Crippen LogP contribution in [0, 0.1) is 0 Å². The van der Waals surface area contributed by atoms with Crippen molar-refractivity contribution < 1.29 is 13.9 Å². The zero-order valence-electron chi connectivity index (χ0n) is 9.44. The largest absolute Gasteiger partial charge is 0.464 e. The number of rotatable bonds is 3. The summed E-state index contributed by atoms with van der Waals surface area (Å²) < 4.78 is 9.71. The first kappa shape index (κ1) is 12.9. The summed E-state index contributed by atoms with van der Waals surface area (Å²) in [6.07, 6.45) is 1.56. The Balaban J connectivity index is 2.24. The van der Waals surface area contributed by atoms with Crippen molar-refractivity contribution in [3.8, 4) is 0 Å². The van der Waals surface area contributed by atoms with Gasteiger partial charge in [0.25, 0.3) is 0 Å². The molecular weight excluding hydrogens is 277 g/mol. The molecule has 94 valence electrons. The van der Waals surface area contributed by atoms with Crippen molar-refractivity contribution in [1.82, 2.24) is 4.98 Å². The lowest BCUT2D eigenvalue weighted by molar-refractivity contribution is 0.0594. The Morgan fingerprint density at radius 2 is 2.06 bits per heavy atom. The highest BCUT2D eigenvalue weighted by molar-refractivity contribution is 6.36. The number of hydrogen-bond acceptors (Lipinski definition) is 4. The van der Waals surface area contributed by atoms with Crippen molar-refractivity contribution in [2.45, 2.75) is 6.42 Å². The van der Waals surface area contributed by atoms with Crippen LogP contribution in [0.25, 0.3) is 0 Å². The molecule has 6 heteroatoms. The molecule has 4 nitrogen and oxygen atoms in total. The zero-order valence-corrected chi connectivity index (χ0v) is 11.0. The smallest absolute Gasteiger partial charge is 0.360 e. The summed E-state index contributed by atoms with van der Waals surface area (Å²) in [5.41, 5.74) is 0.828. The molecule has 0 aliphatic carbocycles. The number of carbonyl (C=O) groups excluding carboxylic acids is 1. The molecule has 0 aliphatic rings. The fourth-order valence-corrected chi connectivity index (χ4v) is 1.97. The molecule has 1 heterocycles. The van der Waals surface area contributed by atoms with E-state index in [4.69, 9.17) is 27.6 Å². The van der Waals surface area contributed by atoms with Gasteiger partial charge in [-0.15, -0.1) is 0 Å².